The molecule has 1 fully saturated rings. The largest absolute Gasteiger partial charge is 0.481 e. The maximum Gasteiger partial charge on any atom is 0.304 e. The van der Waals surface area contributed by atoms with Crippen LogP contribution in [0.3, 0.4) is 0 Å². The van der Waals surface area contributed by atoms with E-state index in [2.05, 4.69) is 0 Å². The SMILES string of the molecule is CC(C)(C)OC(O)N1CCC[C@@H]1CC(=O)O. The van der Waals surface area contributed by atoms with Gasteiger partial charge in [0, 0.05) is 12.6 Å². The fourth-order valence-corrected chi connectivity index (χ4v) is 1.95. The van der Waals surface area contributed by atoms with E-state index in [-0.39, 0.29) is 12.5 Å². The van der Waals surface area contributed by atoms with E-state index >= 15 is 0 Å². The van der Waals surface area contributed by atoms with Crippen molar-refractivity contribution in [3.05, 3.63) is 0 Å². The first-order valence-electron chi connectivity index (χ1n) is 5.63. The summed E-state index contributed by atoms with van der Waals surface area (Å²) in [6.07, 6.45) is 0.760. The van der Waals surface area contributed by atoms with Gasteiger partial charge in [0.15, 0.2) is 0 Å². The Morgan fingerprint density at radius 3 is 2.69 bits per heavy atom. The molecule has 0 amide bonds. The van der Waals surface area contributed by atoms with Gasteiger partial charge >= 0.3 is 5.97 Å². The average molecular weight is 231 g/mol. The van der Waals surface area contributed by atoms with Crippen LogP contribution in [0.1, 0.15) is 40.0 Å². The molecule has 0 aliphatic carbocycles. The molecule has 94 valence electrons. The summed E-state index contributed by atoms with van der Waals surface area (Å²) in [7, 11) is 0. The van der Waals surface area contributed by atoms with Gasteiger partial charge in [0.1, 0.15) is 0 Å². The van der Waals surface area contributed by atoms with Crippen molar-refractivity contribution in [3.8, 4) is 0 Å². The molecular formula is C11H21NO4. The molecule has 0 saturated carbocycles. The zero-order chi connectivity index (χ0) is 12.3. The van der Waals surface area contributed by atoms with E-state index < -0.39 is 18.0 Å². The van der Waals surface area contributed by atoms with Gasteiger partial charge in [-0.3, -0.25) is 9.69 Å². The molecule has 0 aromatic heterocycles. The van der Waals surface area contributed by atoms with Crippen LogP contribution in [0, 0.1) is 0 Å². The number of carboxylic acids is 1. The van der Waals surface area contributed by atoms with Gasteiger partial charge in [0.25, 0.3) is 0 Å². The number of aliphatic carboxylic acids is 1. The number of hydrogen-bond acceptors (Lipinski definition) is 4. The Kier molecular flexibility index (Phi) is 4.29. The minimum absolute atomic E-state index is 0.0601. The lowest BCUT2D eigenvalue weighted by Crippen LogP contribution is -2.44. The molecule has 1 rings (SSSR count). The van der Waals surface area contributed by atoms with Gasteiger partial charge < -0.3 is 14.9 Å². The predicted molar refractivity (Wildman–Crippen MR) is 58.8 cm³/mol. The lowest BCUT2D eigenvalue weighted by atomic mass is 10.1. The molecule has 16 heavy (non-hydrogen) atoms. The summed E-state index contributed by atoms with van der Waals surface area (Å²) >= 11 is 0. The maximum absolute atomic E-state index is 10.7. The van der Waals surface area contributed by atoms with Gasteiger partial charge in [-0.05, 0) is 33.6 Å². The van der Waals surface area contributed by atoms with Crippen LogP contribution in [0.2, 0.25) is 0 Å². The fourth-order valence-electron chi connectivity index (χ4n) is 1.95. The Labute approximate surface area is 96.0 Å². The summed E-state index contributed by atoms with van der Waals surface area (Å²) in [6.45, 7) is 6.27. The van der Waals surface area contributed by atoms with Gasteiger partial charge in [-0.25, -0.2) is 0 Å². The minimum Gasteiger partial charge on any atom is -0.481 e. The Balaban J connectivity index is 2.53. The van der Waals surface area contributed by atoms with Gasteiger partial charge in [0.05, 0.1) is 12.0 Å². The van der Waals surface area contributed by atoms with Crippen LogP contribution in [0.15, 0.2) is 0 Å². The lowest BCUT2D eigenvalue weighted by molar-refractivity contribution is -0.242. The fraction of sp³-hybridized carbons (Fsp3) is 0.909. The standard InChI is InChI=1S/C11H21NO4/c1-11(2,3)16-10(15)12-6-4-5-8(12)7-9(13)14/h8,10,15H,4-7H2,1-3H3,(H,13,14)/t8-,10?/m1/s1. The summed E-state index contributed by atoms with van der Waals surface area (Å²) in [5.41, 5.74) is -0.435. The predicted octanol–water partition coefficient (Wildman–Crippen LogP) is 1.02. The highest BCUT2D eigenvalue weighted by molar-refractivity contribution is 5.67. The summed E-state index contributed by atoms with van der Waals surface area (Å²) in [5.74, 6) is -0.833. The molecular weight excluding hydrogens is 210 g/mol. The molecule has 0 radical (unpaired) electrons. The second-order valence-electron chi connectivity index (χ2n) is 5.19. The monoisotopic (exact) mass is 231 g/mol. The summed E-state index contributed by atoms with van der Waals surface area (Å²) in [6, 6.07) is -0.116. The first-order chi connectivity index (χ1) is 7.29. The lowest BCUT2D eigenvalue weighted by Gasteiger charge is -2.33. The number of aliphatic hydroxyl groups excluding tert-OH is 1. The number of aliphatic hydroxyl groups is 1. The second-order valence-corrected chi connectivity index (χ2v) is 5.19. The van der Waals surface area contributed by atoms with Crippen LogP contribution >= 0.6 is 0 Å². The first-order valence-corrected chi connectivity index (χ1v) is 5.63. The highest BCUT2D eigenvalue weighted by Gasteiger charge is 2.33. The Hall–Kier alpha value is -0.650. The van der Waals surface area contributed by atoms with Crippen molar-refractivity contribution in [2.75, 3.05) is 6.54 Å². The zero-order valence-electron chi connectivity index (χ0n) is 10.1. The summed E-state index contributed by atoms with van der Waals surface area (Å²) in [4.78, 5) is 12.4. The summed E-state index contributed by atoms with van der Waals surface area (Å²) < 4.78 is 5.42. The number of hydrogen-bond donors (Lipinski definition) is 2. The highest BCUT2D eigenvalue weighted by Crippen LogP contribution is 2.24. The molecule has 0 aromatic rings. The average Bonchev–Trinajstić information content (AvgIpc) is 2.47. The number of rotatable bonds is 4. The molecule has 0 bridgehead atoms. The topological polar surface area (TPSA) is 70.0 Å². The minimum atomic E-state index is -1.01. The van der Waals surface area contributed by atoms with E-state index in [9.17, 15) is 9.90 Å². The second kappa shape index (κ2) is 5.12. The van der Waals surface area contributed by atoms with Crippen LogP contribution in [-0.4, -0.2) is 45.7 Å². The van der Waals surface area contributed by atoms with Crippen molar-refractivity contribution in [1.29, 1.82) is 0 Å². The van der Waals surface area contributed by atoms with E-state index in [1.54, 1.807) is 4.90 Å². The molecule has 0 spiro atoms. The van der Waals surface area contributed by atoms with Gasteiger partial charge in [-0.1, -0.05) is 0 Å². The molecule has 2 atom stereocenters. The van der Waals surface area contributed by atoms with E-state index in [0.29, 0.717) is 6.54 Å². The van der Waals surface area contributed by atoms with Crippen molar-refractivity contribution in [1.82, 2.24) is 4.90 Å². The third kappa shape index (κ3) is 4.08. The van der Waals surface area contributed by atoms with Crippen LogP contribution < -0.4 is 0 Å². The van der Waals surface area contributed by atoms with Crippen LogP contribution in [0.4, 0.5) is 0 Å². The number of ether oxygens (including phenoxy) is 1. The molecule has 5 nitrogen and oxygen atoms in total. The molecule has 1 aliphatic rings. The Morgan fingerprint density at radius 1 is 1.56 bits per heavy atom. The highest BCUT2D eigenvalue weighted by atomic mass is 16.6. The first kappa shape index (κ1) is 13.4. The van der Waals surface area contributed by atoms with Crippen molar-refractivity contribution in [2.45, 2.75) is 58.1 Å². The zero-order valence-corrected chi connectivity index (χ0v) is 10.1. The van der Waals surface area contributed by atoms with Gasteiger partial charge in [-0.15, -0.1) is 0 Å². The quantitative estimate of drug-likeness (QED) is 0.707. The van der Waals surface area contributed by atoms with Crippen LogP contribution in [-0.2, 0) is 9.53 Å². The van der Waals surface area contributed by atoms with E-state index in [4.69, 9.17) is 9.84 Å². The Bertz CT molecular complexity index is 249. The van der Waals surface area contributed by atoms with Crippen LogP contribution in [0.25, 0.3) is 0 Å². The van der Waals surface area contributed by atoms with Crippen molar-refractivity contribution < 1.29 is 19.7 Å². The van der Waals surface area contributed by atoms with E-state index in [1.165, 1.54) is 0 Å². The van der Waals surface area contributed by atoms with Crippen molar-refractivity contribution in [3.63, 3.8) is 0 Å². The maximum atomic E-state index is 10.7. The number of likely N-dealkylation sites (tertiary alicyclic amines) is 1. The molecule has 0 aromatic carbocycles. The van der Waals surface area contributed by atoms with Crippen molar-refractivity contribution in [2.24, 2.45) is 0 Å². The summed E-state index contributed by atoms with van der Waals surface area (Å²) in [5, 5.41) is 18.6. The molecule has 2 N–H and O–H groups in total. The molecule has 1 heterocycles. The van der Waals surface area contributed by atoms with Gasteiger partial charge in [-0.2, -0.15) is 0 Å². The van der Waals surface area contributed by atoms with E-state index in [0.717, 1.165) is 12.8 Å². The number of carbonyl (C=O) groups is 1. The van der Waals surface area contributed by atoms with Crippen molar-refractivity contribution >= 4 is 5.97 Å². The smallest absolute Gasteiger partial charge is 0.304 e. The molecule has 5 heteroatoms. The van der Waals surface area contributed by atoms with Crippen LogP contribution in [0.5, 0.6) is 0 Å². The molecule has 1 aliphatic heterocycles. The van der Waals surface area contributed by atoms with E-state index in [1.807, 2.05) is 20.8 Å². The normalized spacial score (nSPS) is 24.6. The number of nitrogens with zero attached hydrogens (tertiary/aromatic N) is 1. The Morgan fingerprint density at radius 2 is 2.19 bits per heavy atom. The molecule has 1 unspecified atom stereocenters. The number of carboxylic acid groups (broad SMARTS) is 1. The third-order valence-corrected chi connectivity index (χ3v) is 2.58. The van der Waals surface area contributed by atoms with Gasteiger partial charge in [0.2, 0.25) is 6.41 Å². The molecule has 1 saturated heterocycles. The third-order valence-electron chi connectivity index (χ3n) is 2.58.